The molecule has 0 atom stereocenters. The van der Waals surface area contributed by atoms with Crippen LogP contribution in [0.4, 0.5) is 5.88 Å². The average molecular weight is 198 g/mol. The van der Waals surface area contributed by atoms with E-state index in [1.54, 1.807) is 0 Å². The number of furan rings is 1. The quantitative estimate of drug-likeness (QED) is 0.529. The highest BCUT2D eigenvalue weighted by atomic mass is 16.6. The number of nitrogens with one attached hydrogen (secondary N) is 1. The molecular formula is C8H10N2O4. The van der Waals surface area contributed by atoms with Crippen LogP contribution in [0.5, 0.6) is 0 Å². The van der Waals surface area contributed by atoms with E-state index < -0.39 is 10.5 Å². The van der Waals surface area contributed by atoms with Gasteiger partial charge >= 0.3 is 5.88 Å². The summed E-state index contributed by atoms with van der Waals surface area (Å²) < 4.78 is 4.93. The summed E-state index contributed by atoms with van der Waals surface area (Å²) in [6, 6.07) is 2.82. The van der Waals surface area contributed by atoms with Crippen molar-refractivity contribution in [2.45, 2.75) is 12.0 Å². The van der Waals surface area contributed by atoms with Crippen molar-refractivity contribution in [3.63, 3.8) is 0 Å². The van der Waals surface area contributed by atoms with Crippen LogP contribution in [0.25, 0.3) is 0 Å². The topological polar surface area (TPSA) is 88.5 Å². The van der Waals surface area contributed by atoms with Crippen LogP contribution in [0.2, 0.25) is 0 Å². The molecule has 14 heavy (non-hydrogen) atoms. The van der Waals surface area contributed by atoms with E-state index in [4.69, 9.17) is 4.42 Å². The Morgan fingerprint density at radius 3 is 2.79 bits per heavy atom. The molecule has 0 spiro atoms. The highest BCUT2D eigenvalue weighted by Gasteiger charge is 2.35. The van der Waals surface area contributed by atoms with Crippen molar-refractivity contribution < 1.29 is 14.4 Å². The zero-order chi connectivity index (χ0) is 10.2. The maximum Gasteiger partial charge on any atom is 0.433 e. The van der Waals surface area contributed by atoms with Crippen molar-refractivity contribution in [3.05, 3.63) is 28.0 Å². The molecule has 76 valence electrons. The number of hydrogen-bond acceptors (Lipinski definition) is 5. The van der Waals surface area contributed by atoms with Gasteiger partial charge in [0.25, 0.3) is 0 Å². The molecule has 0 saturated carbocycles. The number of aliphatic hydroxyl groups is 1. The van der Waals surface area contributed by atoms with Gasteiger partial charge in [0.15, 0.2) is 0 Å². The number of rotatable bonds is 3. The summed E-state index contributed by atoms with van der Waals surface area (Å²) >= 11 is 0. The summed E-state index contributed by atoms with van der Waals surface area (Å²) in [6.45, 7) is 1.00. The first-order valence-electron chi connectivity index (χ1n) is 4.25. The first-order valence-corrected chi connectivity index (χ1v) is 4.25. The molecule has 6 heteroatoms. The molecule has 2 heterocycles. The Labute approximate surface area is 79.7 Å². The zero-order valence-corrected chi connectivity index (χ0v) is 7.40. The molecule has 0 unspecified atom stereocenters. The van der Waals surface area contributed by atoms with E-state index in [1.807, 2.05) is 0 Å². The Morgan fingerprint density at radius 1 is 1.64 bits per heavy atom. The summed E-state index contributed by atoms with van der Waals surface area (Å²) in [5.74, 6) is 0.164. The lowest BCUT2D eigenvalue weighted by atomic mass is 9.92. The first-order chi connectivity index (χ1) is 6.59. The van der Waals surface area contributed by atoms with Crippen LogP contribution in [0, 0.1) is 10.1 Å². The first kappa shape index (κ1) is 9.17. The van der Waals surface area contributed by atoms with Gasteiger partial charge in [-0.25, -0.2) is 0 Å². The predicted molar refractivity (Wildman–Crippen MR) is 46.9 cm³/mol. The molecule has 0 amide bonds. The van der Waals surface area contributed by atoms with E-state index in [0.29, 0.717) is 25.3 Å². The fourth-order valence-electron chi connectivity index (χ4n) is 1.42. The van der Waals surface area contributed by atoms with E-state index in [0.717, 1.165) is 0 Å². The van der Waals surface area contributed by atoms with Crippen molar-refractivity contribution in [1.82, 2.24) is 5.32 Å². The summed E-state index contributed by atoms with van der Waals surface area (Å²) in [5, 5.41) is 22.9. The van der Waals surface area contributed by atoms with Crippen LogP contribution >= 0.6 is 0 Å². The fourth-order valence-corrected chi connectivity index (χ4v) is 1.42. The van der Waals surface area contributed by atoms with Gasteiger partial charge in [-0.15, -0.1) is 0 Å². The number of nitrogens with zero attached hydrogens (tertiary/aromatic N) is 1. The van der Waals surface area contributed by atoms with Gasteiger partial charge in [-0.2, -0.15) is 0 Å². The molecule has 2 rings (SSSR count). The van der Waals surface area contributed by atoms with Gasteiger partial charge in [-0.3, -0.25) is 10.1 Å². The molecule has 0 aromatic carbocycles. The Morgan fingerprint density at radius 2 is 2.36 bits per heavy atom. The van der Waals surface area contributed by atoms with E-state index in [-0.39, 0.29) is 5.88 Å². The van der Waals surface area contributed by atoms with Crippen molar-refractivity contribution >= 4 is 5.88 Å². The number of hydrogen-bond donors (Lipinski definition) is 2. The normalized spacial score (nSPS) is 18.9. The van der Waals surface area contributed by atoms with Crippen LogP contribution < -0.4 is 5.32 Å². The predicted octanol–water partition coefficient (Wildman–Crippen LogP) is 0.0646. The Balaban J connectivity index is 2.06. The zero-order valence-electron chi connectivity index (χ0n) is 7.40. The monoisotopic (exact) mass is 198 g/mol. The van der Waals surface area contributed by atoms with Crippen LogP contribution in [0.15, 0.2) is 16.5 Å². The smallest absolute Gasteiger partial charge is 0.406 e. The maximum atomic E-state index is 10.3. The Kier molecular flexibility index (Phi) is 2.01. The molecule has 1 aliphatic rings. The molecule has 1 fully saturated rings. The lowest BCUT2D eigenvalue weighted by Crippen LogP contribution is -2.60. The van der Waals surface area contributed by atoms with Crippen molar-refractivity contribution in [3.8, 4) is 0 Å². The van der Waals surface area contributed by atoms with E-state index in [1.165, 1.54) is 12.1 Å². The molecule has 6 nitrogen and oxygen atoms in total. The molecule has 0 aliphatic carbocycles. The van der Waals surface area contributed by atoms with Crippen molar-refractivity contribution in [2.75, 3.05) is 13.1 Å². The maximum absolute atomic E-state index is 10.3. The van der Waals surface area contributed by atoms with Gasteiger partial charge in [0.05, 0.1) is 11.7 Å². The molecule has 1 aliphatic heterocycles. The summed E-state index contributed by atoms with van der Waals surface area (Å²) in [6.07, 6.45) is 0.313. The number of nitro groups is 1. The minimum atomic E-state index is -0.800. The summed E-state index contributed by atoms with van der Waals surface area (Å²) in [4.78, 5) is 9.71. The van der Waals surface area contributed by atoms with Crippen LogP contribution in [-0.2, 0) is 6.42 Å². The van der Waals surface area contributed by atoms with E-state index >= 15 is 0 Å². The Hall–Kier alpha value is -1.40. The second-order valence-electron chi connectivity index (χ2n) is 3.50. The number of β-amino-alcohol motifs (C(OH)–C–C–N with tert-alkyl or cyclic N) is 1. The van der Waals surface area contributed by atoms with E-state index in [2.05, 4.69) is 5.32 Å². The molecule has 1 saturated heterocycles. The lowest BCUT2D eigenvalue weighted by molar-refractivity contribution is -0.402. The largest absolute Gasteiger partial charge is 0.433 e. The summed E-state index contributed by atoms with van der Waals surface area (Å²) in [7, 11) is 0. The SMILES string of the molecule is O=[N+]([O-])c1ccc(CC2(O)CNC2)o1. The summed E-state index contributed by atoms with van der Waals surface area (Å²) in [5.41, 5.74) is -0.800. The molecule has 2 N–H and O–H groups in total. The average Bonchev–Trinajstić information content (AvgIpc) is 2.50. The van der Waals surface area contributed by atoms with Gasteiger partial charge in [0, 0.05) is 19.5 Å². The third kappa shape index (κ3) is 1.61. The molecule has 1 aromatic rings. The van der Waals surface area contributed by atoms with Crippen LogP contribution in [0.1, 0.15) is 5.76 Å². The standard InChI is InChI=1S/C8H10N2O4/c11-8(4-9-5-8)3-6-1-2-7(14-6)10(12)13/h1-2,9,11H,3-5H2. The minimum Gasteiger partial charge on any atom is -0.406 e. The lowest BCUT2D eigenvalue weighted by Gasteiger charge is -2.36. The van der Waals surface area contributed by atoms with Crippen LogP contribution in [0.3, 0.4) is 0 Å². The highest BCUT2D eigenvalue weighted by Crippen LogP contribution is 2.22. The molecule has 0 bridgehead atoms. The third-order valence-electron chi connectivity index (χ3n) is 2.24. The molecule has 1 aromatic heterocycles. The molecular weight excluding hydrogens is 188 g/mol. The van der Waals surface area contributed by atoms with Crippen molar-refractivity contribution in [2.24, 2.45) is 0 Å². The van der Waals surface area contributed by atoms with Crippen molar-refractivity contribution in [1.29, 1.82) is 0 Å². The van der Waals surface area contributed by atoms with Gasteiger partial charge in [0.2, 0.25) is 0 Å². The van der Waals surface area contributed by atoms with Crippen LogP contribution in [-0.4, -0.2) is 28.7 Å². The highest BCUT2D eigenvalue weighted by molar-refractivity contribution is 5.19. The fraction of sp³-hybridized carbons (Fsp3) is 0.500. The van der Waals surface area contributed by atoms with Gasteiger partial charge in [-0.05, 0) is 6.07 Å². The molecule has 0 radical (unpaired) electrons. The van der Waals surface area contributed by atoms with Gasteiger partial charge in [-0.1, -0.05) is 0 Å². The van der Waals surface area contributed by atoms with E-state index in [9.17, 15) is 15.2 Å². The second kappa shape index (κ2) is 3.07. The second-order valence-corrected chi connectivity index (χ2v) is 3.50. The van der Waals surface area contributed by atoms with Gasteiger partial charge in [0.1, 0.15) is 10.7 Å². The Bertz CT molecular complexity index is 356. The minimum absolute atomic E-state index is 0.282. The third-order valence-corrected chi connectivity index (χ3v) is 2.24. The van der Waals surface area contributed by atoms with Gasteiger partial charge < -0.3 is 14.8 Å².